The van der Waals surface area contributed by atoms with Crippen molar-refractivity contribution in [2.24, 2.45) is 5.73 Å². The van der Waals surface area contributed by atoms with Crippen LogP contribution in [0.4, 0.5) is 8.78 Å². The number of rotatable bonds is 3. The summed E-state index contributed by atoms with van der Waals surface area (Å²) in [6.45, 7) is 0. The smallest absolute Gasteiger partial charge is 0.141 e. The first-order valence-corrected chi connectivity index (χ1v) is 6.15. The fourth-order valence-corrected chi connectivity index (χ4v) is 2.09. The number of nitrogens with two attached hydrogens (primary N) is 1. The Kier molecular flexibility index (Phi) is 4.04. The molecule has 2 N–H and O–H groups in total. The third-order valence-electron chi connectivity index (χ3n) is 2.60. The number of pyridine rings is 1. The van der Waals surface area contributed by atoms with Crippen molar-refractivity contribution in [3.8, 4) is 0 Å². The van der Waals surface area contributed by atoms with Gasteiger partial charge in [0.25, 0.3) is 0 Å². The van der Waals surface area contributed by atoms with E-state index in [1.807, 2.05) is 0 Å². The zero-order chi connectivity index (χ0) is 13.1. The largest absolute Gasteiger partial charge is 0.324 e. The monoisotopic (exact) mass is 312 g/mol. The molecule has 0 bridgehead atoms. The molecule has 0 fully saturated rings. The van der Waals surface area contributed by atoms with E-state index in [1.54, 1.807) is 12.1 Å². The molecule has 0 amide bonds. The third-order valence-corrected chi connectivity index (χ3v) is 3.10. The van der Waals surface area contributed by atoms with Crippen LogP contribution >= 0.6 is 15.9 Å². The van der Waals surface area contributed by atoms with E-state index in [0.29, 0.717) is 11.1 Å². The first-order chi connectivity index (χ1) is 8.56. The fourth-order valence-electron chi connectivity index (χ4n) is 1.69. The van der Waals surface area contributed by atoms with Crippen LogP contribution in [0.15, 0.2) is 41.1 Å². The molecule has 1 aromatic heterocycles. The number of aromatic nitrogens is 1. The van der Waals surface area contributed by atoms with E-state index in [1.165, 1.54) is 18.3 Å². The SMILES string of the molecule is NC(Cc1cc(Br)ccc1F)c1cncc(F)c1. The predicted octanol–water partition coefficient (Wildman–Crippen LogP) is 3.36. The molecule has 1 aromatic carbocycles. The van der Waals surface area contributed by atoms with Gasteiger partial charge in [0.05, 0.1) is 6.20 Å². The van der Waals surface area contributed by atoms with Crippen LogP contribution in [-0.4, -0.2) is 4.98 Å². The van der Waals surface area contributed by atoms with Gasteiger partial charge in [-0.15, -0.1) is 0 Å². The maximum atomic E-state index is 13.6. The second kappa shape index (κ2) is 5.54. The third kappa shape index (κ3) is 3.11. The molecule has 2 aromatic rings. The van der Waals surface area contributed by atoms with Gasteiger partial charge in [0.2, 0.25) is 0 Å². The Morgan fingerprint density at radius 1 is 1.22 bits per heavy atom. The van der Waals surface area contributed by atoms with E-state index in [-0.39, 0.29) is 12.2 Å². The van der Waals surface area contributed by atoms with Gasteiger partial charge in [0.1, 0.15) is 11.6 Å². The Labute approximate surface area is 112 Å². The molecule has 0 saturated heterocycles. The molecular formula is C13H11BrF2N2. The minimum atomic E-state index is -0.489. The van der Waals surface area contributed by atoms with E-state index in [4.69, 9.17) is 5.73 Å². The number of halogens is 3. The average molecular weight is 313 g/mol. The van der Waals surface area contributed by atoms with Crippen LogP contribution in [-0.2, 0) is 6.42 Å². The first kappa shape index (κ1) is 13.1. The number of hydrogen-bond acceptors (Lipinski definition) is 2. The van der Waals surface area contributed by atoms with Gasteiger partial charge in [-0.2, -0.15) is 0 Å². The summed E-state index contributed by atoms with van der Waals surface area (Å²) in [6, 6.07) is 5.48. The standard InChI is InChI=1S/C13H11BrF2N2/c14-10-1-2-12(16)8(3-10)5-13(17)9-4-11(15)7-18-6-9/h1-4,6-7,13H,5,17H2. The van der Waals surface area contributed by atoms with Crippen molar-refractivity contribution in [2.75, 3.05) is 0 Å². The molecule has 0 aliphatic carbocycles. The van der Waals surface area contributed by atoms with E-state index in [2.05, 4.69) is 20.9 Å². The van der Waals surface area contributed by atoms with Crippen LogP contribution in [0.25, 0.3) is 0 Å². The zero-order valence-corrected chi connectivity index (χ0v) is 11.0. The van der Waals surface area contributed by atoms with Crippen molar-refractivity contribution in [3.05, 3.63) is 63.9 Å². The lowest BCUT2D eigenvalue weighted by molar-refractivity contribution is 0.586. The van der Waals surface area contributed by atoms with Gasteiger partial charge in [-0.3, -0.25) is 4.98 Å². The summed E-state index contributed by atoms with van der Waals surface area (Å²) in [7, 11) is 0. The van der Waals surface area contributed by atoms with Gasteiger partial charge >= 0.3 is 0 Å². The molecule has 1 unspecified atom stereocenters. The molecule has 1 atom stereocenters. The van der Waals surface area contributed by atoms with Crippen LogP contribution < -0.4 is 5.73 Å². The summed E-state index contributed by atoms with van der Waals surface area (Å²) in [5.41, 5.74) is 6.96. The van der Waals surface area contributed by atoms with Crippen LogP contribution in [0.2, 0.25) is 0 Å². The molecule has 2 rings (SSSR count). The van der Waals surface area contributed by atoms with Gasteiger partial charge in [-0.05, 0) is 41.8 Å². The summed E-state index contributed by atoms with van der Waals surface area (Å²) in [5, 5.41) is 0. The lowest BCUT2D eigenvalue weighted by Gasteiger charge is -2.12. The van der Waals surface area contributed by atoms with Gasteiger partial charge in [-0.1, -0.05) is 15.9 Å². The number of benzene rings is 1. The Hall–Kier alpha value is -1.33. The molecular weight excluding hydrogens is 302 g/mol. The second-order valence-corrected chi connectivity index (χ2v) is 4.90. The Balaban J connectivity index is 2.21. The molecule has 2 nitrogen and oxygen atoms in total. The molecule has 0 aliphatic heterocycles. The molecule has 0 aliphatic rings. The topological polar surface area (TPSA) is 38.9 Å². The molecule has 94 valence electrons. The van der Waals surface area contributed by atoms with Crippen LogP contribution in [0, 0.1) is 11.6 Å². The minimum absolute atomic E-state index is 0.288. The van der Waals surface area contributed by atoms with Crippen LogP contribution in [0.5, 0.6) is 0 Å². The van der Waals surface area contributed by atoms with Crippen molar-refractivity contribution in [3.63, 3.8) is 0 Å². The first-order valence-electron chi connectivity index (χ1n) is 5.36. The summed E-state index contributed by atoms with van der Waals surface area (Å²) in [4.78, 5) is 3.73. The highest BCUT2D eigenvalue weighted by Crippen LogP contribution is 2.21. The Morgan fingerprint density at radius 3 is 2.72 bits per heavy atom. The number of hydrogen-bond donors (Lipinski definition) is 1. The van der Waals surface area contributed by atoms with Gasteiger partial charge in [-0.25, -0.2) is 8.78 Å². The Bertz CT molecular complexity index is 560. The molecule has 5 heteroatoms. The molecule has 0 saturated carbocycles. The average Bonchev–Trinajstić information content (AvgIpc) is 2.34. The zero-order valence-electron chi connectivity index (χ0n) is 9.41. The maximum absolute atomic E-state index is 13.6. The summed E-state index contributed by atoms with van der Waals surface area (Å²) >= 11 is 3.27. The Morgan fingerprint density at radius 2 is 2.00 bits per heavy atom. The molecule has 0 spiro atoms. The van der Waals surface area contributed by atoms with Crippen molar-refractivity contribution >= 4 is 15.9 Å². The highest BCUT2D eigenvalue weighted by molar-refractivity contribution is 9.10. The van der Waals surface area contributed by atoms with E-state index < -0.39 is 11.9 Å². The molecule has 18 heavy (non-hydrogen) atoms. The van der Waals surface area contributed by atoms with Crippen LogP contribution in [0.3, 0.4) is 0 Å². The molecule has 1 heterocycles. The predicted molar refractivity (Wildman–Crippen MR) is 68.9 cm³/mol. The fraction of sp³-hybridized carbons (Fsp3) is 0.154. The van der Waals surface area contributed by atoms with Gasteiger partial charge < -0.3 is 5.73 Å². The van der Waals surface area contributed by atoms with Crippen molar-refractivity contribution < 1.29 is 8.78 Å². The lowest BCUT2D eigenvalue weighted by Crippen LogP contribution is -2.14. The van der Waals surface area contributed by atoms with Gasteiger partial charge in [0.15, 0.2) is 0 Å². The molecule has 0 radical (unpaired) electrons. The maximum Gasteiger partial charge on any atom is 0.141 e. The minimum Gasteiger partial charge on any atom is -0.324 e. The lowest BCUT2D eigenvalue weighted by atomic mass is 10.0. The van der Waals surface area contributed by atoms with Crippen molar-refractivity contribution in [2.45, 2.75) is 12.5 Å². The van der Waals surface area contributed by atoms with Crippen molar-refractivity contribution in [1.82, 2.24) is 4.98 Å². The highest BCUT2D eigenvalue weighted by Gasteiger charge is 2.12. The van der Waals surface area contributed by atoms with Crippen LogP contribution in [0.1, 0.15) is 17.2 Å². The van der Waals surface area contributed by atoms with Gasteiger partial charge in [0, 0.05) is 16.7 Å². The summed E-state index contributed by atoms with van der Waals surface area (Å²) in [5.74, 6) is -0.768. The quantitative estimate of drug-likeness (QED) is 0.943. The number of nitrogens with zero attached hydrogens (tertiary/aromatic N) is 1. The normalized spacial score (nSPS) is 12.4. The van der Waals surface area contributed by atoms with E-state index in [9.17, 15) is 8.78 Å². The van der Waals surface area contributed by atoms with E-state index >= 15 is 0 Å². The summed E-state index contributed by atoms with van der Waals surface area (Å²) in [6.07, 6.45) is 2.88. The second-order valence-electron chi connectivity index (χ2n) is 3.98. The highest BCUT2D eigenvalue weighted by atomic mass is 79.9. The van der Waals surface area contributed by atoms with Crippen molar-refractivity contribution in [1.29, 1.82) is 0 Å². The summed E-state index contributed by atoms with van der Waals surface area (Å²) < 4.78 is 27.3. The van der Waals surface area contributed by atoms with E-state index in [0.717, 1.165) is 10.7 Å².